The lowest BCUT2D eigenvalue weighted by atomic mass is 10.3. The summed E-state index contributed by atoms with van der Waals surface area (Å²) in [5, 5.41) is 0. The van der Waals surface area contributed by atoms with E-state index in [1.54, 1.807) is 13.8 Å². The minimum absolute atomic E-state index is 0.0581. The molecule has 0 aliphatic carbocycles. The molecule has 1 aromatic rings. The van der Waals surface area contributed by atoms with E-state index >= 15 is 0 Å². The Balaban J connectivity index is 3.14. The summed E-state index contributed by atoms with van der Waals surface area (Å²) in [5.41, 5.74) is 5.22. The van der Waals surface area contributed by atoms with Gasteiger partial charge in [0.15, 0.2) is 11.6 Å². The average Bonchev–Trinajstić information content (AvgIpc) is 2.38. The number of likely N-dealkylation sites (N-methyl/N-ethyl adjacent to an activating group) is 1. The van der Waals surface area contributed by atoms with Crippen molar-refractivity contribution in [1.82, 2.24) is 4.31 Å². The third-order valence-corrected chi connectivity index (χ3v) is 4.65. The number of nitrogens with two attached hydrogens (primary N) is 1. The highest BCUT2D eigenvalue weighted by Crippen LogP contribution is 2.24. The Hall–Kier alpha value is -1.25. The molecule has 20 heavy (non-hydrogen) atoms. The average molecular weight is 308 g/mol. The maximum Gasteiger partial charge on any atom is 0.246 e. The van der Waals surface area contributed by atoms with Gasteiger partial charge in [-0.05, 0) is 19.1 Å². The van der Waals surface area contributed by atoms with E-state index in [0.717, 1.165) is 16.4 Å². The summed E-state index contributed by atoms with van der Waals surface area (Å²) >= 11 is 0. The van der Waals surface area contributed by atoms with Crippen molar-refractivity contribution in [3.8, 4) is 0 Å². The number of rotatable bonds is 7. The minimum atomic E-state index is -4.15. The van der Waals surface area contributed by atoms with Crippen LogP contribution in [0.1, 0.15) is 13.8 Å². The van der Waals surface area contributed by atoms with Crippen LogP contribution >= 0.6 is 0 Å². The van der Waals surface area contributed by atoms with Crippen LogP contribution in [0.5, 0.6) is 0 Å². The number of benzene rings is 1. The van der Waals surface area contributed by atoms with E-state index in [1.807, 2.05) is 0 Å². The predicted molar refractivity (Wildman–Crippen MR) is 71.7 cm³/mol. The van der Waals surface area contributed by atoms with Crippen molar-refractivity contribution in [1.29, 1.82) is 0 Å². The molecule has 1 aromatic carbocycles. The normalized spacial score (nSPS) is 12.1. The summed E-state index contributed by atoms with van der Waals surface area (Å²) in [7, 11) is -4.15. The number of sulfonamides is 1. The van der Waals surface area contributed by atoms with Gasteiger partial charge in [0, 0.05) is 25.4 Å². The third-order valence-electron chi connectivity index (χ3n) is 2.68. The first kappa shape index (κ1) is 16.8. The number of halogens is 2. The highest BCUT2D eigenvalue weighted by atomic mass is 32.2. The Morgan fingerprint density at radius 2 is 1.95 bits per heavy atom. The fraction of sp³-hybridized carbons (Fsp3) is 0.500. The summed E-state index contributed by atoms with van der Waals surface area (Å²) in [6, 6.07) is 1.65. The van der Waals surface area contributed by atoms with Crippen LogP contribution in [-0.2, 0) is 14.8 Å². The highest BCUT2D eigenvalue weighted by Gasteiger charge is 2.28. The fourth-order valence-electron chi connectivity index (χ4n) is 1.67. The highest BCUT2D eigenvalue weighted by molar-refractivity contribution is 7.89. The lowest BCUT2D eigenvalue weighted by Crippen LogP contribution is -2.34. The Morgan fingerprint density at radius 3 is 2.50 bits per heavy atom. The van der Waals surface area contributed by atoms with Gasteiger partial charge in [0.1, 0.15) is 4.90 Å². The first-order valence-corrected chi connectivity index (χ1v) is 7.61. The van der Waals surface area contributed by atoms with E-state index in [9.17, 15) is 17.2 Å². The molecule has 5 nitrogen and oxygen atoms in total. The molecule has 114 valence electrons. The molecule has 0 saturated carbocycles. The van der Waals surface area contributed by atoms with Crippen molar-refractivity contribution >= 4 is 15.7 Å². The Bertz CT molecular complexity index is 564. The van der Waals surface area contributed by atoms with Gasteiger partial charge in [-0.15, -0.1) is 0 Å². The first-order valence-electron chi connectivity index (χ1n) is 6.17. The van der Waals surface area contributed by atoms with Crippen LogP contribution in [0.3, 0.4) is 0 Å². The number of nitrogens with zero attached hydrogens (tertiary/aromatic N) is 1. The van der Waals surface area contributed by atoms with Crippen LogP contribution in [0, 0.1) is 11.6 Å². The minimum Gasteiger partial charge on any atom is -0.399 e. The predicted octanol–water partition coefficient (Wildman–Crippen LogP) is 1.59. The Kier molecular flexibility index (Phi) is 5.85. The van der Waals surface area contributed by atoms with Gasteiger partial charge in [-0.1, -0.05) is 6.92 Å². The standard InChI is InChI=1S/C12H18F2N2O3S/c1-3-16(5-6-19-4-2)20(17,18)11-8-9(15)7-10(13)12(11)14/h7-8H,3-6,15H2,1-2H3. The fourth-order valence-corrected chi connectivity index (χ4v) is 3.21. The van der Waals surface area contributed by atoms with E-state index in [1.165, 1.54) is 0 Å². The van der Waals surface area contributed by atoms with Gasteiger partial charge in [0.2, 0.25) is 10.0 Å². The zero-order chi connectivity index (χ0) is 15.3. The Morgan fingerprint density at radius 1 is 1.30 bits per heavy atom. The molecule has 0 aliphatic rings. The second kappa shape index (κ2) is 6.96. The zero-order valence-corrected chi connectivity index (χ0v) is 12.2. The molecule has 2 N–H and O–H groups in total. The molecule has 8 heteroatoms. The van der Waals surface area contributed by atoms with E-state index in [4.69, 9.17) is 10.5 Å². The second-order valence-corrected chi connectivity index (χ2v) is 5.91. The SMILES string of the molecule is CCOCCN(CC)S(=O)(=O)c1cc(N)cc(F)c1F. The van der Waals surface area contributed by atoms with Gasteiger partial charge in [0.25, 0.3) is 0 Å². The first-order chi connectivity index (χ1) is 9.34. The summed E-state index contributed by atoms with van der Waals surface area (Å²) < 4.78 is 57.6. The molecule has 0 unspecified atom stereocenters. The molecule has 0 radical (unpaired) electrons. The molecular weight excluding hydrogens is 290 g/mol. The maximum absolute atomic E-state index is 13.7. The van der Waals surface area contributed by atoms with E-state index < -0.39 is 26.6 Å². The molecule has 0 heterocycles. The lowest BCUT2D eigenvalue weighted by Gasteiger charge is -2.21. The van der Waals surface area contributed by atoms with Gasteiger partial charge in [0.05, 0.1) is 6.61 Å². The van der Waals surface area contributed by atoms with Crippen LogP contribution in [0.2, 0.25) is 0 Å². The quantitative estimate of drug-likeness (QED) is 0.613. The van der Waals surface area contributed by atoms with Crippen molar-refractivity contribution in [2.45, 2.75) is 18.7 Å². The van der Waals surface area contributed by atoms with Crippen LogP contribution in [0.15, 0.2) is 17.0 Å². The van der Waals surface area contributed by atoms with Crippen molar-refractivity contribution in [3.63, 3.8) is 0 Å². The van der Waals surface area contributed by atoms with E-state index in [-0.39, 0.29) is 25.4 Å². The largest absolute Gasteiger partial charge is 0.399 e. The molecule has 0 aliphatic heterocycles. The Labute approximate surface area is 117 Å². The number of hydrogen-bond donors (Lipinski definition) is 1. The third kappa shape index (κ3) is 3.65. The molecule has 0 bridgehead atoms. The van der Waals surface area contributed by atoms with Gasteiger partial charge < -0.3 is 10.5 Å². The van der Waals surface area contributed by atoms with Crippen molar-refractivity contribution in [2.75, 3.05) is 32.0 Å². The maximum atomic E-state index is 13.7. The van der Waals surface area contributed by atoms with E-state index in [2.05, 4.69) is 0 Å². The van der Waals surface area contributed by atoms with Crippen molar-refractivity contribution < 1.29 is 21.9 Å². The monoisotopic (exact) mass is 308 g/mol. The lowest BCUT2D eigenvalue weighted by molar-refractivity contribution is 0.135. The molecule has 0 fully saturated rings. The molecule has 0 amide bonds. The van der Waals surface area contributed by atoms with Gasteiger partial charge in [-0.25, -0.2) is 17.2 Å². The molecular formula is C12H18F2N2O3S. The van der Waals surface area contributed by atoms with Crippen LogP contribution in [0.25, 0.3) is 0 Å². The van der Waals surface area contributed by atoms with Gasteiger partial charge >= 0.3 is 0 Å². The van der Waals surface area contributed by atoms with Gasteiger partial charge in [-0.3, -0.25) is 0 Å². The molecule has 1 rings (SSSR count). The van der Waals surface area contributed by atoms with Crippen molar-refractivity contribution in [3.05, 3.63) is 23.8 Å². The van der Waals surface area contributed by atoms with Gasteiger partial charge in [-0.2, -0.15) is 4.31 Å². The van der Waals surface area contributed by atoms with E-state index in [0.29, 0.717) is 6.61 Å². The summed E-state index contributed by atoms with van der Waals surface area (Å²) in [5.74, 6) is -2.71. The molecule has 0 atom stereocenters. The number of anilines is 1. The molecule has 0 saturated heterocycles. The smallest absolute Gasteiger partial charge is 0.246 e. The van der Waals surface area contributed by atoms with Crippen molar-refractivity contribution in [2.24, 2.45) is 0 Å². The topological polar surface area (TPSA) is 72.6 Å². The molecule has 0 spiro atoms. The van der Waals surface area contributed by atoms with Crippen LogP contribution in [0.4, 0.5) is 14.5 Å². The summed E-state index contributed by atoms with van der Waals surface area (Å²) in [6.07, 6.45) is 0. The zero-order valence-electron chi connectivity index (χ0n) is 11.4. The summed E-state index contributed by atoms with van der Waals surface area (Å²) in [4.78, 5) is -0.756. The second-order valence-electron chi connectivity index (χ2n) is 4.01. The molecule has 0 aromatic heterocycles. The number of nitrogen functional groups attached to an aromatic ring is 1. The van der Waals surface area contributed by atoms with Crippen LogP contribution in [-0.4, -0.2) is 39.0 Å². The summed E-state index contributed by atoms with van der Waals surface area (Å²) in [6.45, 7) is 4.17. The number of hydrogen-bond acceptors (Lipinski definition) is 4. The van der Waals surface area contributed by atoms with Crippen LogP contribution < -0.4 is 5.73 Å². The number of ether oxygens (including phenoxy) is 1.